The summed E-state index contributed by atoms with van der Waals surface area (Å²) in [4.78, 5) is 13.2. The molecular weight excluding hydrogens is 503 g/mol. The Morgan fingerprint density at radius 2 is 2.07 bits per heavy atom. The maximum Gasteiger partial charge on any atom is 0.191 e. The van der Waals surface area contributed by atoms with Crippen molar-refractivity contribution in [2.75, 3.05) is 31.5 Å². The van der Waals surface area contributed by atoms with E-state index in [2.05, 4.69) is 42.1 Å². The monoisotopic (exact) mass is 528 g/mol. The van der Waals surface area contributed by atoms with Crippen LogP contribution < -0.4 is 16.0 Å². The standard InChI is InChI=1S/C19H25ClN8.HI/c1-3-21-19(23-8-7-14-5-4-6-15(20)11-14)24-10-9-22-17-16-12-27-28(2)18(16)26-13-25-17;/h4-6,11-13H,3,7-10H2,1-2H3,(H2,21,23,24)(H,22,25,26);1H. The van der Waals surface area contributed by atoms with Gasteiger partial charge < -0.3 is 16.0 Å². The maximum absolute atomic E-state index is 6.03. The Morgan fingerprint density at radius 1 is 1.21 bits per heavy atom. The highest BCUT2D eigenvalue weighted by Gasteiger charge is 2.07. The summed E-state index contributed by atoms with van der Waals surface area (Å²) >= 11 is 6.03. The van der Waals surface area contributed by atoms with Crippen molar-refractivity contribution in [3.63, 3.8) is 0 Å². The molecule has 0 saturated carbocycles. The lowest BCUT2D eigenvalue weighted by molar-refractivity contribution is 0.785. The molecule has 0 spiro atoms. The minimum absolute atomic E-state index is 0. The summed E-state index contributed by atoms with van der Waals surface area (Å²) in [6.07, 6.45) is 4.16. The van der Waals surface area contributed by atoms with Crippen molar-refractivity contribution in [3.8, 4) is 0 Å². The average Bonchev–Trinajstić information content (AvgIpc) is 3.07. The number of aromatic nitrogens is 4. The molecule has 10 heteroatoms. The molecule has 0 atom stereocenters. The molecule has 156 valence electrons. The Morgan fingerprint density at radius 3 is 2.86 bits per heavy atom. The van der Waals surface area contributed by atoms with Gasteiger partial charge in [0.1, 0.15) is 12.1 Å². The molecule has 0 aliphatic heterocycles. The number of hydrogen-bond donors (Lipinski definition) is 3. The molecule has 0 aliphatic carbocycles. The van der Waals surface area contributed by atoms with E-state index in [4.69, 9.17) is 11.6 Å². The second-order valence-corrected chi connectivity index (χ2v) is 6.66. The van der Waals surface area contributed by atoms with Gasteiger partial charge in [-0.25, -0.2) is 9.97 Å². The number of nitrogens with zero attached hydrogens (tertiary/aromatic N) is 5. The van der Waals surface area contributed by atoms with Gasteiger partial charge >= 0.3 is 0 Å². The van der Waals surface area contributed by atoms with Gasteiger partial charge in [-0.05, 0) is 31.0 Å². The van der Waals surface area contributed by atoms with E-state index in [9.17, 15) is 0 Å². The predicted octanol–water partition coefficient (Wildman–Crippen LogP) is 2.84. The van der Waals surface area contributed by atoms with Crippen LogP contribution in [0.2, 0.25) is 5.02 Å². The fraction of sp³-hybridized carbons (Fsp3) is 0.368. The first-order chi connectivity index (χ1) is 13.7. The van der Waals surface area contributed by atoms with Crippen LogP contribution in [-0.4, -0.2) is 51.9 Å². The Hall–Kier alpha value is -2.14. The molecule has 0 radical (unpaired) electrons. The van der Waals surface area contributed by atoms with E-state index in [1.807, 2.05) is 32.2 Å². The minimum atomic E-state index is 0. The molecule has 3 N–H and O–H groups in total. The minimum Gasteiger partial charge on any atom is -0.368 e. The number of anilines is 1. The van der Waals surface area contributed by atoms with E-state index in [1.54, 1.807) is 17.2 Å². The number of hydrogen-bond acceptors (Lipinski definition) is 5. The summed E-state index contributed by atoms with van der Waals surface area (Å²) in [6.45, 7) is 4.94. The summed E-state index contributed by atoms with van der Waals surface area (Å²) in [5.41, 5.74) is 1.99. The highest BCUT2D eigenvalue weighted by molar-refractivity contribution is 14.0. The highest BCUT2D eigenvalue weighted by Crippen LogP contribution is 2.17. The summed E-state index contributed by atoms with van der Waals surface area (Å²) in [7, 11) is 1.86. The van der Waals surface area contributed by atoms with Crippen molar-refractivity contribution >= 4 is 58.4 Å². The summed E-state index contributed by atoms with van der Waals surface area (Å²) in [5, 5.41) is 15.8. The van der Waals surface area contributed by atoms with Crippen LogP contribution in [0.3, 0.4) is 0 Å². The van der Waals surface area contributed by atoms with Gasteiger partial charge in [-0.15, -0.1) is 24.0 Å². The topological polar surface area (TPSA) is 92.1 Å². The van der Waals surface area contributed by atoms with E-state index < -0.39 is 0 Å². The number of guanidine groups is 1. The summed E-state index contributed by atoms with van der Waals surface area (Å²) < 4.78 is 1.73. The molecule has 3 rings (SSSR count). The molecule has 1 aromatic carbocycles. The molecule has 0 bridgehead atoms. The van der Waals surface area contributed by atoms with Gasteiger partial charge in [-0.2, -0.15) is 5.10 Å². The van der Waals surface area contributed by atoms with Crippen molar-refractivity contribution in [3.05, 3.63) is 47.4 Å². The SMILES string of the molecule is CCNC(=NCCc1cccc(Cl)c1)NCCNc1ncnc2c1cnn2C.I. The zero-order valence-electron chi connectivity index (χ0n) is 16.5. The van der Waals surface area contributed by atoms with E-state index in [1.165, 1.54) is 5.56 Å². The fourth-order valence-corrected chi connectivity index (χ4v) is 3.01. The van der Waals surface area contributed by atoms with Crippen molar-refractivity contribution < 1.29 is 0 Å². The Balaban J connectivity index is 0.00000300. The van der Waals surface area contributed by atoms with Crippen LogP contribution >= 0.6 is 35.6 Å². The molecule has 0 saturated heterocycles. The largest absolute Gasteiger partial charge is 0.368 e. The van der Waals surface area contributed by atoms with Crippen molar-refractivity contribution in [1.82, 2.24) is 30.4 Å². The molecule has 0 amide bonds. The van der Waals surface area contributed by atoms with Gasteiger partial charge in [-0.1, -0.05) is 23.7 Å². The lowest BCUT2D eigenvalue weighted by atomic mass is 10.1. The third kappa shape index (κ3) is 6.70. The van der Waals surface area contributed by atoms with Crippen LogP contribution in [0.5, 0.6) is 0 Å². The third-order valence-electron chi connectivity index (χ3n) is 4.14. The van der Waals surface area contributed by atoms with E-state index in [0.29, 0.717) is 19.6 Å². The summed E-state index contributed by atoms with van der Waals surface area (Å²) in [6, 6.07) is 7.88. The normalized spacial score (nSPS) is 11.2. The Bertz CT molecular complexity index is 943. The Kier molecular flexibility index (Phi) is 9.39. The van der Waals surface area contributed by atoms with E-state index in [-0.39, 0.29) is 24.0 Å². The average molecular weight is 529 g/mol. The number of benzene rings is 1. The molecule has 0 fully saturated rings. The van der Waals surface area contributed by atoms with Crippen LogP contribution in [0.1, 0.15) is 12.5 Å². The number of aryl methyl sites for hydroxylation is 1. The first kappa shape index (κ1) is 23.1. The molecule has 2 aromatic heterocycles. The quantitative estimate of drug-likeness (QED) is 0.180. The first-order valence-corrected chi connectivity index (χ1v) is 9.68. The van der Waals surface area contributed by atoms with Crippen LogP contribution in [0.25, 0.3) is 11.0 Å². The molecule has 0 aliphatic rings. The van der Waals surface area contributed by atoms with Crippen LogP contribution in [-0.2, 0) is 13.5 Å². The lowest BCUT2D eigenvalue weighted by Gasteiger charge is -2.12. The predicted molar refractivity (Wildman–Crippen MR) is 129 cm³/mol. The Labute approximate surface area is 192 Å². The van der Waals surface area contributed by atoms with Gasteiger partial charge in [0.05, 0.1) is 11.6 Å². The number of fused-ring (bicyclic) bond motifs is 1. The van der Waals surface area contributed by atoms with Crippen LogP contribution in [0.4, 0.5) is 5.82 Å². The zero-order chi connectivity index (χ0) is 19.8. The van der Waals surface area contributed by atoms with Crippen molar-refractivity contribution in [2.45, 2.75) is 13.3 Å². The number of halogens is 2. The van der Waals surface area contributed by atoms with Gasteiger partial charge in [0, 0.05) is 38.2 Å². The van der Waals surface area contributed by atoms with Crippen molar-refractivity contribution in [1.29, 1.82) is 0 Å². The van der Waals surface area contributed by atoms with Crippen LogP contribution in [0.15, 0.2) is 41.8 Å². The second-order valence-electron chi connectivity index (χ2n) is 6.22. The maximum atomic E-state index is 6.03. The number of nitrogens with one attached hydrogen (secondary N) is 3. The molecule has 2 heterocycles. The van der Waals surface area contributed by atoms with Crippen molar-refractivity contribution in [2.24, 2.45) is 12.0 Å². The number of rotatable bonds is 8. The third-order valence-corrected chi connectivity index (χ3v) is 4.38. The van der Waals surface area contributed by atoms with Gasteiger partial charge in [-0.3, -0.25) is 9.67 Å². The zero-order valence-corrected chi connectivity index (χ0v) is 19.6. The van der Waals surface area contributed by atoms with E-state index >= 15 is 0 Å². The smallest absolute Gasteiger partial charge is 0.191 e. The molecule has 29 heavy (non-hydrogen) atoms. The number of aliphatic imine (C=N–C) groups is 1. The molecular formula is C19H26ClIN8. The fourth-order valence-electron chi connectivity index (χ4n) is 2.80. The van der Waals surface area contributed by atoms with E-state index in [0.717, 1.165) is 40.8 Å². The van der Waals surface area contributed by atoms with Gasteiger partial charge in [0.15, 0.2) is 11.6 Å². The summed E-state index contributed by atoms with van der Waals surface area (Å²) in [5.74, 6) is 1.57. The molecule has 0 unspecified atom stereocenters. The lowest BCUT2D eigenvalue weighted by Crippen LogP contribution is -2.39. The van der Waals surface area contributed by atoms with Crippen LogP contribution in [0, 0.1) is 0 Å². The van der Waals surface area contributed by atoms with Gasteiger partial charge in [0.25, 0.3) is 0 Å². The first-order valence-electron chi connectivity index (χ1n) is 9.30. The van der Waals surface area contributed by atoms with Gasteiger partial charge in [0.2, 0.25) is 0 Å². The molecule has 8 nitrogen and oxygen atoms in total. The highest BCUT2D eigenvalue weighted by atomic mass is 127. The second kappa shape index (κ2) is 11.8. The molecule has 3 aromatic rings.